The molecule has 0 atom stereocenters. The third kappa shape index (κ3) is 3.48. The Balaban J connectivity index is 1.73. The summed E-state index contributed by atoms with van der Waals surface area (Å²) < 4.78 is 12.9. The van der Waals surface area contributed by atoms with E-state index in [-0.39, 0.29) is 6.09 Å². The molecule has 0 saturated heterocycles. The summed E-state index contributed by atoms with van der Waals surface area (Å²) in [5.41, 5.74) is 1.99. The van der Waals surface area contributed by atoms with Gasteiger partial charge in [-0.1, -0.05) is 0 Å². The van der Waals surface area contributed by atoms with Crippen molar-refractivity contribution in [2.45, 2.75) is 58.1 Å². The van der Waals surface area contributed by atoms with Crippen LogP contribution in [0, 0.1) is 0 Å². The highest BCUT2D eigenvalue weighted by Crippen LogP contribution is 2.45. The second-order valence-electron chi connectivity index (χ2n) is 8.01. The Labute approximate surface area is 158 Å². The first-order valence-corrected chi connectivity index (χ1v) is 9.35. The molecule has 0 N–H and O–H groups in total. The van der Waals surface area contributed by atoms with E-state index < -0.39 is 5.60 Å². The van der Waals surface area contributed by atoms with Gasteiger partial charge in [-0.2, -0.15) is 5.10 Å². The number of nitrogens with zero attached hydrogens (tertiary/aromatic N) is 5. The van der Waals surface area contributed by atoms with Gasteiger partial charge in [-0.25, -0.2) is 19.4 Å². The SMILES string of the molecule is COc1ncnc(C2CC2)c1-c1cc2n(n1)CCCN2C(=O)OC(C)(C)C. The summed E-state index contributed by atoms with van der Waals surface area (Å²) in [4.78, 5) is 23.0. The number of amides is 1. The molecule has 1 saturated carbocycles. The van der Waals surface area contributed by atoms with E-state index in [1.54, 1.807) is 18.3 Å². The third-order valence-electron chi connectivity index (χ3n) is 4.66. The van der Waals surface area contributed by atoms with Crippen LogP contribution in [0.5, 0.6) is 5.88 Å². The highest BCUT2D eigenvalue weighted by molar-refractivity contribution is 5.88. The molecule has 144 valence electrons. The van der Waals surface area contributed by atoms with Crippen LogP contribution in [0.3, 0.4) is 0 Å². The third-order valence-corrected chi connectivity index (χ3v) is 4.66. The lowest BCUT2D eigenvalue weighted by Crippen LogP contribution is -2.41. The molecule has 2 aromatic rings. The van der Waals surface area contributed by atoms with Gasteiger partial charge in [0.05, 0.1) is 18.4 Å². The first-order valence-electron chi connectivity index (χ1n) is 9.35. The van der Waals surface area contributed by atoms with Crippen LogP contribution in [0.1, 0.15) is 51.6 Å². The number of rotatable bonds is 3. The lowest BCUT2D eigenvalue weighted by molar-refractivity contribution is 0.0572. The molecule has 2 aliphatic rings. The fraction of sp³-hybridized carbons (Fsp3) is 0.579. The van der Waals surface area contributed by atoms with Crippen LogP contribution in [0.2, 0.25) is 0 Å². The van der Waals surface area contributed by atoms with E-state index in [4.69, 9.17) is 14.6 Å². The lowest BCUT2D eigenvalue weighted by Gasteiger charge is -2.30. The van der Waals surface area contributed by atoms with E-state index in [9.17, 15) is 4.79 Å². The van der Waals surface area contributed by atoms with Gasteiger partial charge in [-0.3, -0.25) is 4.90 Å². The van der Waals surface area contributed by atoms with E-state index >= 15 is 0 Å². The molecule has 1 aliphatic carbocycles. The van der Waals surface area contributed by atoms with Gasteiger partial charge in [0.25, 0.3) is 0 Å². The van der Waals surface area contributed by atoms with Crippen molar-refractivity contribution in [1.82, 2.24) is 19.7 Å². The molecule has 8 nitrogen and oxygen atoms in total. The summed E-state index contributed by atoms with van der Waals surface area (Å²) in [5, 5.41) is 4.74. The Hall–Kier alpha value is -2.64. The van der Waals surface area contributed by atoms with Crippen LogP contribution < -0.4 is 9.64 Å². The van der Waals surface area contributed by atoms with Crippen LogP contribution in [-0.4, -0.2) is 45.1 Å². The molecule has 0 bridgehead atoms. The molecule has 4 rings (SSSR count). The number of ether oxygens (including phenoxy) is 2. The van der Waals surface area contributed by atoms with Gasteiger partial charge in [0.15, 0.2) is 0 Å². The maximum Gasteiger partial charge on any atom is 0.415 e. The van der Waals surface area contributed by atoms with Crippen LogP contribution >= 0.6 is 0 Å². The summed E-state index contributed by atoms with van der Waals surface area (Å²) >= 11 is 0. The quantitative estimate of drug-likeness (QED) is 0.823. The Morgan fingerprint density at radius 1 is 1.22 bits per heavy atom. The highest BCUT2D eigenvalue weighted by atomic mass is 16.6. The largest absolute Gasteiger partial charge is 0.480 e. The predicted molar refractivity (Wildman–Crippen MR) is 100.0 cm³/mol. The molecular weight excluding hydrogens is 346 g/mol. The normalized spacial score (nSPS) is 16.8. The summed E-state index contributed by atoms with van der Waals surface area (Å²) in [6, 6.07) is 1.91. The minimum absolute atomic E-state index is 0.353. The molecule has 1 aliphatic heterocycles. The molecule has 0 aromatic carbocycles. The molecule has 3 heterocycles. The number of carbonyl (C=O) groups excluding carboxylic acids is 1. The molecule has 0 unspecified atom stereocenters. The van der Waals surface area contributed by atoms with Gasteiger partial charge in [0, 0.05) is 25.1 Å². The Bertz CT molecular complexity index is 867. The van der Waals surface area contributed by atoms with Crippen molar-refractivity contribution in [3.05, 3.63) is 18.1 Å². The van der Waals surface area contributed by atoms with Crippen LogP contribution in [0.4, 0.5) is 10.6 Å². The van der Waals surface area contributed by atoms with Crippen LogP contribution in [0.25, 0.3) is 11.3 Å². The first kappa shape index (κ1) is 17.8. The molecule has 0 spiro atoms. The highest BCUT2D eigenvalue weighted by Gasteiger charge is 2.33. The molecule has 1 amide bonds. The number of fused-ring (bicyclic) bond motifs is 1. The Kier molecular flexibility index (Phi) is 4.28. The molecule has 2 aromatic heterocycles. The topological polar surface area (TPSA) is 82.4 Å². The van der Waals surface area contributed by atoms with Crippen molar-refractivity contribution in [1.29, 1.82) is 0 Å². The number of anilines is 1. The van der Waals surface area contributed by atoms with Crippen molar-refractivity contribution >= 4 is 11.9 Å². The Morgan fingerprint density at radius 2 is 2.00 bits per heavy atom. The summed E-state index contributed by atoms with van der Waals surface area (Å²) in [6.07, 6.45) is 4.24. The van der Waals surface area contributed by atoms with Crippen LogP contribution in [-0.2, 0) is 11.3 Å². The fourth-order valence-corrected chi connectivity index (χ4v) is 3.35. The van der Waals surface area contributed by atoms with Gasteiger partial charge in [-0.05, 0) is 40.0 Å². The van der Waals surface area contributed by atoms with E-state index in [1.807, 2.05) is 31.5 Å². The summed E-state index contributed by atoms with van der Waals surface area (Å²) in [7, 11) is 1.60. The average molecular weight is 371 g/mol. The van der Waals surface area contributed by atoms with E-state index in [0.29, 0.717) is 18.3 Å². The van der Waals surface area contributed by atoms with Crippen molar-refractivity contribution in [2.75, 3.05) is 18.6 Å². The molecule has 27 heavy (non-hydrogen) atoms. The fourth-order valence-electron chi connectivity index (χ4n) is 3.35. The van der Waals surface area contributed by atoms with Gasteiger partial charge in [0.2, 0.25) is 5.88 Å². The van der Waals surface area contributed by atoms with Crippen molar-refractivity contribution in [3.63, 3.8) is 0 Å². The number of hydrogen-bond donors (Lipinski definition) is 0. The number of aryl methyl sites for hydroxylation is 1. The number of hydrogen-bond acceptors (Lipinski definition) is 6. The summed E-state index contributed by atoms with van der Waals surface area (Å²) in [6.45, 7) is 6.96. The lowest BCUT2D eigenvalue weighted by atomic mass is 10.1. The van der Waals surface area contributed by atoms with Gasteiger partial charge >= 0.3 is 6.09 Å². The maximum absolute atomic E-state index is 12.6. The summed E-state index contributed by atoms with van der Waals surface area (Å²) in [5.74, 6) is 1.68. The van der Waals surface area contributed by atoms with E-state index in [2.05, 4.69) is 9.97 Å². The standard InChI is InChI=1S/C19H25N5O3/c1-19(2,3)27-18(25)23-8-5-9-24-14(23)10-13(22-24)15-16(12-6-7-12)20-11-21-17(15)26-4/h10-12H,5-9H2,1-4H3. The molecule has 1 fully saturated rings. The van der Waals surface area contributed by atoms with Crippen molar-refractivity contribution < 1.29 is 14.3 Å². The molecule has 0 radical (unpaired) electrons. The van der Waals surface area contributed by atoms with Gasteiger partial charge < -0.3 is 9.47 Å². The van der Waals surface area contributed by atoms with Crippen molar-refractivity contribution in [3.8, 4) is 17.1 Å². The Morgan fingerprint density at radius 3 is 2.67 bits per heavy atom. The zero-order valence-electron chi connectivity index (χ0n) is 16.2. The smallest absolute Gasteiger partial charge is 0.415 e. The minimum Gasteiger partial charge on any atom is -0.480 e. The number of methoxy groups -OCH3 is 1. The zero-order valence-corrected chi connectivity index (χ0v) is 16.2. The average Bonchev–Trinajstić information content (AvgIpc) is 3.37. The second-order valence-corrected chi connectivity index (χ2v) is 8.01. The number of carbonyl (C=O) groups is 1. The van der Waals surface area contributed by atoms with E-state index in [0.717, 1.165) is 48.6 Å². The predicted octanol–water partition coefficient (Wildman–Crippen LogP) is 3.37. The minimum atomic E-state index is -0.544. The van der Waals surface area contributed by atoms with Crippen LogP contribution in [0.15, 0.2) is 12.4 Å². The van der Waals surface area contributed by atoms with Crippen molar-refractivity contribution in [2.24, 2.45) is 0 Å². The number of aromatic nitrogens is 4. The first-order chi connectivity index (χ1) is 12.9. The zero-order chi connectivity index (χ0) is 19.2. The molecular formula is C19H25N5O3. The molecule has 8 heteroatoms. The monoisotopic (exact) mass is 371 g/mol. The van der Waals surface area contributed by atoms with Gasteiger partial charge in [-0.15, -0.1) is 0 Å². The van der Waals surface area contributed by atoms with Gasteiger partial charge in [0.1, 0.15) is 23.4 Å². The second kappa shape index (κ2) is 6.51. The van der Waals surface area contributed by atoms with E-state index in [1.165, 1.54) is 0 Å². The maximum atomic E-state index is 12.6.